The Bertz CT molecular complexity index is 393. The molecule has 0 amide bonds. The fourth-order valence-electron chi connectivity index (χ4n) is 3.62. The summed E-state index contributed by atoms with van der Waals surface area (Å²) < 4.78 is 5.19. The van der Waals surface area contributed by atoms with Crippen LogP contribution in [0.3, 0.4) is 0 Å². The van der Waals surface area contributed by atoms with E-state index >= 15 is 0 Å². The summed E-state index contributed by atoms with van der Waals surface area (Å²) in [7, 11) is 0. The van der Waals surface area contributed by atoms with Gasteiger partial charge in [-0.15, -0.1) is 0 Å². The van der Waals surface area contributed by atoms with E-state index in [1.165, 1.54) is 38.5 Å². The summed E-state index contributed by atoms with van der Waals surface area (Å²) in [5, 5.41) is 0. The molecule has 0 aromatic carbocycles. The number of nitrogens with zero attached hydrogens (tertiary/aromatic N) is 1. The van der Waals surface area contributed by atoms with Crippen LogP contribution in [0.2, 0.25) is 0 Å². The van der Waals surface area contributed by atoms with Gasteiger partial charge in [-0.1, -0.05) is 12.8 Å². The van der Waals surface area contributed by atoms with Crippen LogP contribution in [-0.4, -0.2) is 29.8 Å². The molecule has 3 heteroatoms. The minimum absolute atomic E-state index is 0.130. The van der Waals surface area contributed by atoms with Gasteiger partial charge in [0.2, 0.25) is 5.78 Å². The standard InChI is InChI=1S/C15H21NO2/c17-14(15-8-4-10-18-15)11-16-9-3-7-13(16)12-5-1-2-6-12/h4,8,10,12-13H,1-3,5-7,9,11H2. The van der Waals surface area contributed by atoms with E-state index in [-0.39, 0.29) is 5.78 Å². The first-order valence-corrected chi connectivity index (χ1v) is 7.15. The second kappa shape index (κ2) is 5.27. The van der Waals surface area contributed by atoms with E-state index in [0.29, 0.717) is 18.3 Å². The molecule has 0 spiro atoms. The summed E-state index contributed by atoms with van der Waals surface area (Å²) in [6.07, 6.45) is 9.56. The highest BCUT2D eigenvalue weighted by Gasteiger charge is 2.34. The van der Waals surface area contributed by atoms with Crippen molar-refractivity contribution in [2.24, 2.45) is 5.92 Å². The largest absolute Gasteiger partial charge is 0.461 e. The highest BCUT2D eigenvalue weighted by molar-refractivity contribution is 5.95. The molecule has 1 aromatic heterocycles. The topological polar surface area (TPSA) is 33.5 Å². The fourth-order valence-corrected chi connectivity index (χ4v) is 3.62. The van der Waals surface area contributed by atoms with Crippen molar-refractivity contribution < 1.29 is 9.21 Å². The quantitative estimate of drug-likeness (QED) is 0.766. The van der Waals surface area contributed by atoms with Crippen LogP contribution in [0.5, 0.6) is 0 Å². The molecule has 2 fully saturated rings. The van der Waals surface area contributed by atoms with Crippen LogP contribution in [0.4, 0.5) is 0 Å². The summed E-state index contributed by atoms with van der Waals surface area (Å²) in [6, 6.07) is 4.20. The molecule has 1 aliphatic carbocycles. The van der Waals surface area contributed by atoms with Gasteiger partial charge >= 0.3 is 0 Å². The SMILES string of the molecule is O=C(CN1CCCC1C1CCCC1)c1ccco1. The van der Waals surface area contributed by atoms with Crippen molar-refractivity contribution in [2.45, 2.75) is 44.6 Å². The Morgan fingerprint density at radius 3 is 2.83 bits per heavy atom. The Hall–Kier alpha value is -1.09. The summed E-state index contributed by atoms with van der Waals surface area (Å²) in [5.41, 5.74) is 0. The monoisotopic (exact) mass is 247 g/mol. The molecular formula is C15H21NO2. The van der Waals surface area contributed by atoms with Crippen LogP contribution in [0.15, 0.2) is 22.8 Å². The lowest BCUT2D eigenvalue weighted by Gasteiger charge is -2.28. The summed E-state index contributed by atoms with van der Waals surface area (Å²) in [6.45, 7) is 1.61. The first-order chi connectivity index (χ1) is 8.84. The van der Waals surface area contributed by atoms with Crippen molar-refractivity contribution in [3.63, 3.8) is 0 Å². The van der Waals surface area contributed by atoms with E-state index in [4.69, 9.17) is 4.42 Å². The molecule has 2 aliphatic rings. The minimum atomic E-state index is 0.130. The third-order valence-corrected chi connectivity index (χ3v) is 4.50. The number of hydrogen-bond donors (Lipinski definition) is 0. The normalized spacial score (nSPS) is 25.9. The molecule has 98 valence electrons. The average molecular weight is 247 g/mol. The smallest absolute Gasteiger partial charge is 0.211 e. The number of rotatable bonds is 4. The second-order valence-electron chi connectivity index (χ2n) is 5.63. The van der Waals surface area contributed by atoms with Crippen LogP contribution in [0, 0.1) is 5.92 Å². The third-order valence-electron chi connectivity index (χ3n) is 4.50. The first-order valence-electron chi connectivity index (χ1n) is 7.15. The zero-order valence-corrected chi connectivity index (χ0v) is 10.8. The van der Waals surface area contributed by atoms with Gasteiger partial charge < -0.3 is 4.42 Å². The van der Waals surface area contributed by atoms with E-state index in [0.717, 1.165) is 12.5 Å². The van der Waals surface area contributed by atoms with E-state index < -0.39 is 0 Å². The number of hydrogen-bond acceptors (Lipinski definition) is 3. The van der Waals surface area contributed by atoms with Crippen molar-refractivity contribution in [3.05, 3.63) is 24.2 Å². The molecule has 0 N–H and O–H groups in total. The van der Waals surface area contributed by atoms with E-state index in [2.05, 4.69) is 4.90 Å². The van der Waals surface area contributed by atoms with Gasteiger partial charge in [0.15, 0.2) is 5.76 Å². The van der Waals surface area contributed by atoms with Crippen molar-refractivity contribution in [3.8, 4) is 0 Å². The van der Waals surface area contributed by atoms with E-state index in [1.54, 1.807) is 18.4 Å². The van der Waals surface area contributed by atoms with Crippen LogP contribution in [0.1, 0.15) is 49.1 Å². The van der Waals surface area contributed by atoms with Gasteiger partial charge in [0.1, 0.15) is 0 Å². The fraction of sp³-hybridized carbons (Fsp3) is 0.667. The molecule has 3 rings (SSSR count). The lowest BCUT2D eigenvalue weighted by Crippen LogP contribution is -2.38. The van der Waals surface area contributed by atoms with Crippen LogP contribution in [0.25, 0.3) is 0 Å². The molecular weight excluding hydrogens is 226 g/mol. The number of ketones is 1. The lowest BCUT2D eigenvalue weighted by atomic mass is 9.96. The zero-order valence-electron chi connectivity index (χ0n) is 10.8. The lowest BCUT2D eigenvalue weighted by molar-refractivity contribution is 0.0869. The predicted octanol–water partition coefficient (Wildman–Crippen LogP) is 3.12. The average Bonchev–Trinajstić information content (AvgIpc) is 3.11. The van der Waals surface area contributed by atoms with Gasteiger partial charge in [0.25, 0.3) is 0 Å². The molecule has 1 saturated heterocycles. The van der Waals surface area contributed by atoms with E-state index in [9.17, 15) is 4.79 Å². The summed E-state index contributed by atoms with van der Waals surface area (Å²) in [4.78, 5) is 14.5. The van der Waals surface area contributed by atoms with Crippen molar-refractivity contribution in [2.75, 3.05) is 13.1 Å². The second-order valence-corrected chi connectivity index (χ2v) is 5.63. The molecule has 18 heavy (non-hydrogen) atoms. The van der Waals surface area contributed by atoms with Crippen LogP contribution < -0.4 is 0 Å². The highest BCUT2D eigenvalue weighted by atomic mass is 16.3. The number of likely N-dealkylation sites (tertiary alicyclic amines) is 1. The molecule has 0 radical (unpaired) electrons. The maximum Gasteiger partial charge on any atom is 0.211 e. The predicted molar refractivity (Wildman–Crippen MR) is 69.6 cm³/mol. The third kappa shape index (κ3) is 2.37. The van der Waals surface area contributed by atoms with E-state index in [1.807, 2.05) is 0 Å². The number of carbonyl (C=O) groups excluding carboxylic acids is 1. The van der Waals surface area contributed by atoms with Gasteiger partial charge in [-0.25, -0.2) is 0 Å². The Labute approximate surface area is 108 Å². The Morgan fingerprint density at radius 1 is 1.28 bits per heavy atom. The van der Waals surface area contributed by atoms with Gasteiger partial charge in [-0.2, -0.15) is 0 Å². The van der Waals surface area contributed by atoms with Gasteiger partial charge in [0, 0.05) is 6.04 Å². The molecule has 1 saturated carbocycles. The van der Waals surface area contributed by atoms with Gasteiger partial charge in [-0.3, -0.25) is 9.69 Å². The van der Waals surface area contributed by atoms with Crippen molar-refractivity contribution >= 4 is 5.78 Å². The Morgan fingerprint density at radius 2 is 2.11 bits per heavy atom. The molecule has 1 aromatic rings. The maximum absolute atomic E-state index is 12.1. The van der Waals surface area contributed by atoms with Crippen molar-refractivity contribution in [1.82, 2.24) is 4.90 Å². The molecule has 1 aliphatic heterocycles. The molecule has 0 bridgehead atoms. The van der Waals surface area contributed by atoms with Crippen LogP contribution >= 0.6 is 0 Å². The molecule has 1 unspecified atom stereocenters. The highest BCUT2D eigenvalue weighted by Crippen LogP contribution is 2.35. The van der Waals surface area contributed by atoms with Crippen molar-refractivity contribution in [1.29, 1.82) is 0 Å². The first kappa shape index (κ1) is 12.0. The Kier molecular flexibility index (Phi) is 3.50. The number of Topliss-reactive ketones (excluding diaryl/α,β-unsaturated/α-hetero) is 1. The Balaban J connectivity index is 1.62. The maximum atomic E-state index is 12.1. The van der Waals surface area contributed by atoms with Gasteiger partial charge in [0.05, 0.1) is 12.8 Å². The number of carbonyl (C=O) groups is 1. The molecule has 1 atom stereocenters. The summed E-state index contributed by atoms with van der Waals surface area (Å²) in [5.74, 6) is 1.47. The van der Waals surface area contributed by atoms with Gasteiger partial charge in [-0.05, 0) is 50.3 Å². The number of furan rings is 1. The summed E-state index contributed by atoms with van der Waals surface area (Å²) >= 11 is 0. The minimum Gasteiger partial charge on any atom is -0.461 e. The zero-order chi connectivity index (χ0) is 12.4. The van der Waals surface area contributed by atoms with Crippen LogP contribution in [-0.2, 0) is 0 Å². The molecule has 2 heterocycles. The molecule has 3 nitrogen and oxygen atoms in total.